The van der Waals surface area contributed by atoms with Gasteiger partial charge in [0.1, 0.15) is 0 Å². The highest BCUT2D eigenvalue weighted by Gasteiger charge is 2.41. The molecule has 1 aliphatic rings. The number of carbonyl (C=O) groups is 1. The average Bonchev–Trinajstić information content (AvgIpc) is 3.28. The van der Waals surface area contributed by atoms with Gasteiger partial charge in [0.25, 0.3) is 5.91 Å². The van der Waals surface area contributed by atoms with E-state index in [9.17, 15) is 4.79 Å². The Bertz CT molecular complexity index is 1110. The van der Waals surface area contributed by atoms with Crippen molar-refractivity contribution in [2.45, 2.75) is 32.4 Å². The van der Waals surface area contributed by atoms with Crippen molar-refractivity contribution < 1.29 is 4.79 Å². The summed E-state index contributed by atoms with van der Waals surface area (Å²) in [5.41, 5.74) is 9.02. The van der Waals surface area contributed by atoms with Crippen molar-refractivity contribution in [1.82, 2.24) is 9.47 Å². The molecule has 3 aromatic rings. The minimum atomic E-state index is -0.168. The Kier molecular flexibility index (Phi) is 5.20. The van der Waals surface area contributed by atoms with Crippen molar-refractivity contribution >= 4 is 28.6 Å². The van der Waals surface area contributed by atoms with Gasteiger partial charge in [0, 0.05) is 59.3 Å². The maximum atomic E-state index is 13.1. The lowest BCUT2D eigenvalue weighted by atomic mass is 9.96. The van der Waals surface area contributed by atoms with E-state index in [0.717, 1.165) is 41.5 Å². The predicted molar refractivity (Wildman–Crippen MR) is 123 cm³/mol. The normalized spacial score (nSPS) is 18.7. The van der Waals surface area contributed by atoms with Crippen LogP contribution in [0.2, 0.25) is 0 Å². The maximum absolute atomic E-state index is 13.1. The quantitative estimate of drug-likeness (QED) is 0.617. The van der Waals surface area contributed by atoms with Crippen LogP contribution in [0.5, 0.6) is 0 Å². The summed E-state index contributed by atoms with van der Waals surface area (Å²) >= 11 is 0. The lowest BCUT2D eigenvalue weighted by Gasteiger charge is -2.31. The Morgan fingerprint density at radius 3 is 2.63 bits per heavy atom. The van der Waals surface area contributed by atoms with Crippen LogP contribution in [-0.2, 0) is 6.54 Å². The highest BCUT2D eigenvalue weighted by atomic mass is 16.2. The van der Waals surface area contributed by atoms with Crippen molar-refractivity contribution in [3.63, 3.8) is 0 Å². The van der Waals surface area contributed by atoms with E-state index < -0.39 is 0 Å². The molecule has 0 bridgehead atoms. The van der Waals surface area contributed by atoms with Gasteiger partial charge in [-0.25, -0.2) is 0 Å². The Hall–Kier alpha value is -3.34. The van der Waals surface area contributed by atoms with Crippen LogP contribution in [-0.4, -0.2) is 33.7 Å². The summed E-state index contributed by atoms with van der Waals surface area (Å²) in [5.74, 6) is 0.502. The van der Waals surface area contributed by atoms with Crippen LogP contribution in [0.1, 0.15) is 36.2 Å². The number of hydrogen-bond acceptors (Lipinski definition) is 3. The van der Waals surface area contributed by atoms with Crippen molar-refractivity contribution in [2.24, 2.45) is 11.7 Å². The Morgan fingerprint density at radius 1 is 1.17 bits per heavy atom. The van der Waals surface area contributed by atoms with Gasteiger partial charge in [-0.1, -0.05) is 24.3 Å². The third kappa shape index (κ3) is 3.63. The average molecular weight is 401 g/mol. The van der Waals surface area contributed by atoms with Crippen molar-refractivity contribution in [3.8, 4) is 0 Å². The molecule has 0 saturated carbocycles. The SMILES string of the molecule is CC1(C)CC(Cn2ccc3cc(/C(C=N)=C/N)ccc32)CN1C(=O)c1ccccc1. The van der Waals surface area contributed by atoms with Crippen LogP contribution >= 0.6 is 0 Å². The topological polar surface area (TPSA) is 75.1 Å². The summed E-state index contributed by atoms with van der Waals surface area (Å²) in [6, 6.07) is 17.8. The van der Waals surface area contributed by atoms with E-state index in [1.165, 1.54) is 12.4 Å². The summed E-state index contributed by atoms with van der Waals surface area (Å²) in [7, 11) is 0. The van der Waals surface area contributed by atoms with Gasteiger partial charge in [-0.05, 0) is 62.1 Å². The van der Waals surface area contributed by atoms with Crippen molar-refractivity contribution in [1.29, 1.82) is 5.41 Å². The van der Waals surface area contributed by atoms with E-state index in [2.05, 4.69) is 42.8 Å². The molecule has 1 saturated heterocycles. The third-order valence-electron chi connectivity index (χ3n) is 6.12. The number of carbonyl (C=O) groups excluding carboxylic acids is 1. The molecule has 3 N–H and O–H groups in total. The summed E-state index contributed by atoms with van der Waals surface area (Å²) in [4.78, 5) is 15.1. The highest BCUT2D eigenvalue weighted by Crippen LogP contribution is 2.35. The number of nitrogens with two attached hydrogens (primary N) is 1. The molecule has 1 atom stereocenters. The first kappa shape index (κ1) is 20.0. The minimum Gasteiger partial charge on any atom is -0.404 e. The lowest BCUT2D eigenvalue weighted by Crippen LogP contribution is -2.42. The molecule has 2 aromatic carbocycles. The number of nitrogens with one attached hydrogen (secondary N) is 1. The van der Waals surface area contributed by atoms with Gasteiger partial charge in [-0.2, -0.15) is 0 Å². The van der Waals surface area contributed by atoms with Gasteiger partial charge >= 0.3 is 0 Å². The first-order chi connectivity index (χ1) is 14.4. The first-order valence-electron chi connectivity index (χ1n) is 10.3. The monoisotopic (exact) mass is 400 g/mol. The number of benzene rings is 2. The molecule has 1 aromatic heterocycles. The van der Waals surface area contributed by atoms with E-state index in [-0.39, 0.29) is 11.4 Å². The zero-order valence-corrected chi connectivity index (χ0v) is 17.5. The minimum absolute atomic E-state index is 0.109. The molecular formula is C25H28N4O. The largest absolute Gasteiger partial charge is 0.404 e. The van der Waals surface area contributed by atoms with Crippen molar-refractivity contribution in [3.05, 3.63) is 78.1 Å². The number of rotatable bonds is 5. The molecule has 2 heterocycles. The number of hydrogen-bond donors (Lipinski definition) is 2. The van der Waals surface area contributed by atoms with Gasteiger partial charge in [0.05, 0.1) is 0 Å². The summed E-state index contributed by atoms with van der Waals surface area (Å²) in [5, 5.41) is 8.63. The molecule has 1 unspecified atom stereocenters. The van der Waals surface area contributed by atoms with Gasteiger partial charge in [0.15, 0.2) is 0 Å². The molecular weight excluding hydrogens is 372 g/mol. The standard InChI is InChI=1S/C25H28N4O/c1-25(2)13-18(17-29(25)24(30)19-6-4-3-5-7-19)16-28-11-10-21-12-20(8-9-23(21)28)22(14-26)15-27/h3-12,14-15,18,26H,13,16-17,27H2,1-2H3/b22-15+,26-14?. The number of allylic oxidation sites excluding steroid dienone is 1. The summed E-state index contributed by atoms with van der Waals surface area (Å²) in [6.45, 7) is 5.94. The van der Waals surface area contributed by atoms with Crippen LogP contribution in [0.3, 0.4) is 0 Å². The molecule has 0 radical (unpaired) electrons. The molecule has 0 aliphatic carbocycles. The molecule has 0 spiro atoms. The van der Waals surface area contributed by atoms with Gasteiger partial charge in [-0.3, -0.25) is 4.79 Å². The molecule has 30 heavy (non-hydrogen) atoms. The number of likely N-dealkylation sites (tertiary alicyclic amines) is 1. The predicted octanol–water partition coefficient (Wildman–Crippen LogP) is 4.53. The Balaban J connectivity index is 1.54. The molecule has 5 heteroatoms. The molecule has 4 rings (SSSR count). The molecule has 154 valence electrons. The molecule has 1 aliphatic heterocycles. The van der Waals surface area contributed by atoms with Crippen LogP contribution in [0.15, 0.2) is 67.0 Å². The summed E-state index contributed by atoms with van der Waals surface area (Å²) in [6.07, 6.45) is 5.82. The van der Waals surface area contributed by atoms with E-state index >= 15 is 0 Å². The fourth-order valence-corrected chi connectivity index (χ4v) is 4.65. The van der Waals surface area contributed by atoms with E-state index in [1.54, 1.807) is 0 Å². The molecule has 1 fully saturated rings. The van der Waals surface area contributed by atoms with Gasteiger partial charge in [-0.15, -0.1) is 0 Å². The maximum Gasteiger partial charge on any atom is 0.254 e. The number of fused-ring (bicyclic) bond motifs is 1. The molecule has 5 nitrogen and oxygen atoms in total. The third-order valence-corrected chi connectivity index (χ3v) is 6.12. The zero-order valence-electron chi connectivity index (χ0n) is 17.5. The molecule has 1 amide bonds. The Morgan fingerprint density at radius 2 is 1.93 bits per heavy atom. The van der Waals surface area contributed by atoms with Crippen LogP contribution in [0.4, 0.5) is 0 Å². The smallest absolute Gasteiger partial charge is 0.254 e. The fourth-order valence-electron chi connectivity index (χ4n) is 4.65. The van der Waals surface area contributed by atoms with E-state index in [1.807, 2.05) is 41.3 Å². The highest BCUT2D eigenvalue weighted by molar-refractivity contribution is 6.09. The van der Waals surface area contributed by atoms with Gasteiger partial charge < -0.3 is 20.6 Å². The second-order valence-corrected chi connectivity index (χ2v) is 8.67. The second-order valence-electron chi connectivity index (χ2n) is 8.67. The lowest BCUT2D eigenvalue weighted by molar-refractivity contribution is 0.0649. The van der Waals surface area contributed by atoms with E-state index in [0.29, 0.717) is 11.5 Å². The first-order valence-corrected chi connectivity index (χ1v) is 10.3. The van der Waals surface area contributed by atoms with E-state index in [4.69, 9.17) is 11.1 Å². The van der Waals surface area contributed by atoms with Gasteiger partial charge in [0.2, 0.25) is 0 Å². The van der Waals surface area contributed by atoms with Crippen LogP contribution in [0, 0.1) is 11.3 Å². The number of aromatic nitrogens is 1. The number of nitrogens with zero attached hydrogens (tertiary/aromatic N) is 2. The Labute approximate surface area is 177 Å². The second kappa shape index (κ2) is 7.82. The van der Waals surface area contributed by atoms with Crippen LogP contribution in [0.25, 0.3) is 16.5 Å². The fraction of sp³-hybridized carbons (Fsp3) is 0.280. The zero-order chi connectivity index (χ0) is 21.3. The van der Waals surface area contributed by atoms with Crippen LogP contribution < -0.4 is 5.73 Å². The number of amides is 1. The van der Waals surface area contributed by atoms with Crippen molar-refractivity contribution in [2.75, 3.05) is 6.54 Å². The summed E-state index contributed by atoms with van der Waals surface area (Å²) < 4.78 is 2.27.